The van der Waals surface area contributed by atoms with Gasteiger partial charge in [-0.05, 0) is 66.7 Å². The number of halogens is 2. The molecule has 4 rings (SSSR count). The van der Waals surface area contributed by atoms with Crippen LogP contribution in [0.4, 0.5) is 11.4 Å². The van der Waals surface area contributed by atoms with Gasteiger partial charge in [-0.2, -0.15) is 0 Å². The smallest absolute Gasteiger partial charge is 0.229 e. The normalized spacial score (nSPS) is 15.9. The molecule has 152 valence electrons. The van der Waals surface area contributed by atoms with Crippen molar-refractivity contribution in [2.45, 2.75) is 6.42 Å². The van der Waals surface area contributed by atoms with Gasteiger partial charge in [-0.15, -0.1) is 0 Å². The van der Waals surface area contributed by atoms with Crippen molar-refractivity contribution < 1.29 is 14.3 Å². The molecule has 1 atom stereocenters. The molecular formula is C23H18BrClN2O3. The maximum atomic E-state index is 12.7. The van der Waals surface area contributed by atoms with Gasteiger partial charge in [0.15, 0.2) is 0 Å². The maximum absolute atomic E-state index is 12.7. The highest BCUT2D eigenvalue weighted by Gasteiger charge is 2.35. The van der Waals surface area contributed by atoms with Crippen LogP contribution in [-0.4, -0.2) is 18.4 Å². The number of carbonyl (C=O) groups excluding carboxylic acids is 2. The zero-order valence-electron chi connectivity index (χ0n) is 15.8. The van der Waals surface area contributed by atoms with E-state index in [1.54, 1.807) is 47.4 Å². The largest absolute Gasteiger partial charge is 0.457 e. The fraction of sp³-hybridized carbons (Fsp3) is 0.130. The fourth-order valence-electron chi connectivity index (χ4n) is 3.27. The van der Waals surface area contributed by atoms with Crippen molar-refractivity contribution >= 4 is 50.7 Å². The van der Waals surface area contributed by atoms with Gasteiger partial charge in [0, 0.05) is 33.8 Å². The molecule has 3 aromatic carbocycles. The molecule has 1 fully saturated rings. The summed E-state index contributed by atoms with van der Waals surface area (Å²) in [5.41, 5.74) is 1.36. The van der Waals surface area contributed by atoms with Gasteiger partial charge in [0.05, 0.1) is 5.92 Å². The summed E-state index contributed by atoms with van der Waals surface area (Å²) in [5, 5.41) is 3.44. The highest BCUT2D eigenvalue weighted by Crippen LogP contribution is 2.29. The summed E-state index contributed by atoms with van der Waals surface area (Å²) in [6.45, 7) is 0.329. The van der Waals surface area contributed by atoms with E-state index in [1.165, 1.54) is 0 Å². The van der Waals surface area contributed by atoms with Crippen molar-refractivity contribution in [1.29, 1.82) is 0 Å². The highest BCUT2D eigenvalue weighted by molar-refractivity contribution is 9.10. The first kappa shape index (κ1) is 20.4. The molecule has 1 saturated heterocycles. The van der Waals surface area contributed by atoms with Crippen molar-refractivity contribution in [3.63, 3.8) is 0 Å². The van der Waals surface area contributed by atoms with E-state index in [4.69, 9.17) is 16.3 Å². The number of benzene rings is 3. The molecule has 2 amide bonds. The molecule has 0 radical (unpaired) electrons. The van der Waals surface area contributed by atoms with Crippen LogP contribution < -0.4 is 15.0 Å². The second kappa shape index (κ2) is 8.90. The predicted octanol–water partition coefficient (Wildman–Crippen LogP) is 5.89. The minimum Gasteiger partial charge on any atom is -0.457 e. The van der Waals surface area contributed by atoms with Crippen LogP contribution in [0.15, 0.2) is 77.3 Å². The van der Waals surface area contributed by atoms with Crippen molar-refractivity contribution in [3.05, 3.63) is 82.3 Å². The molecule has 1 aliphatic rings. The van der Waals surface area contributed by atoms with Crippen LogP contribution in [0, 0.1) is 5.92 Å². The molecule has 3 aromatic rings. The molecule has 0 aliphatic carbocycles. The lowest BCUT2D eigenvalue weighted by Crippen LogP contribution is -2.28. The number of rotatable bonds is 5. The number of anilines is 2. The number of hydrogen-bond donors (Lipinski definition) is 1. The van der Waals surface area contributed by atoms with Gasteiger partial charge in [0.25, 0.3) is 0 Å². The minimum absolute atomic E-state index is 0.0873. The SMILES string of the molecule is O=C(Nc1ccc(Oc2ccc(Br)cc2)cc1)[C@@H]1CC(=O)N(c2cccc(Cl)c2)C1. The van der Waals surface area contributed by atoms with Gasteiger partial charge in [0.1, 0.15) is 11.5 Å². The van der Waals surface area contributed by atoms with Crippen LogP contribution in [0.5, 0.6) is 11.5 Å². The molecule has 0 spiro atoms. The zero-order chi connectivity index (χ0) is 21.1. The fourth-order valence-corrected chi connectivity index (χ4v) is 3.71. The lowest BCUT2D eigenvalue weighted by Gasteiger charge is -2.17. The Morgan fingerprint density at radius 2 is 1.70 bits per heavy atom. The molecule has 1 heterocycles. The van der Waals surface area contributed by atoms with E-state index in [0.29, 0.717) is 28.7 Å². The van der Waals surface area contributed by atoms with Gasteiger partial charge >= 0.3 is 0 Å². The molecule has 30 heavy (non-hydrogen) atoms. The lowest BCUT2D eigenvalue weighted by molar-refractivity contribution is -0.122. The van der Waals surface area contributed by atoms with Crippen LogP contribution in [0.1, 0.15) is 6.42 Å². The van der Waals surface area contributed by atoms with Gasteiger partial charge in [-0.1, -0.05) is 33.6 Å². The zero-order valence-corrected chi connectivity index (χ0v) is 18.2. The first-order chi connectivity index (χ1) is 14.5. The van der Waals surface area contributed by atoms with Crippen molar-refractivity contribution in [2.75, 3.05) is 16.8 Å². The van der Waals surface area contributed by atoms with E-state index in [9.17, 15) is 9.59 Å². The Bertz CT molecular complexity index is 1070. The highest BCUT2D eigenvalue weighted by atomic mass is 79.9. The quantitative estimate of drug-likeness (QED) is 0.490. The van der Waals surface area contributed by atoms with E-state index in [2.05, 4.69) is 21.2 Å². The van der Waals surface area contributed by atoms with E-state index in [0.717, 1.165) is 10.2 Å². The second-order valence-electron chi connectivity index (χ2n) is 6.95. The molecule has 0 bridgehead atoms. The summed E-state index contributed by atoms with van der Waals surface area (Å²) in [4.78, 5) is 26.6. The number of carbonyl (C=O) groups is 2. The topological polar surface area (TPSA) is 58.6 Å². The third kappa shape index (κ3) is 4.83. The van der Waals surface area contributed by atoms with E-state index in [1.807, 2.05) is 30.3 Å². The molecule has 5 nitrogen and oxygen atoms in total. The van der Waals surface area contributed by atoms with Gasteiger partial charge in [0.2, 0.25) is 11.8 Å². The Kier molecular flexibility index (Phi) is 6.06. The van der Waals surface area contributed by atoms with E-state index >= 15 is 0 Å². The van der Waals surface area contributed by atoms with Crippen molar-refractivity contribution in [2.24, 2.45) is 5.92 Å². The summed E-state index contributed by atoms with van der Waals surface area (Å²) in [5.74, 6) is 0.694. The van der Waals surface area contributed by atoms with Gasteiger partial charge in [-0.3, -0.25) is 9.59 Å². The summed E-state index contributed by atoms with van der Waals surface area (Å²) in [6.07, 6.45) is 0.170. The molecule has 0 saturated carbocycles. The van der Waals surface area contributed by atoms with Crippen molar-refractivity contribution in [1.82, 2.24) is 0 Å². The maximum Gasteiger partial charge on any atom is 0.229 e. The molecule has 7 heteroatoms. The molecule has 1 aliphatic heterocycles. The number of hydrogen-bond acceptors (Lipinski definition) is 3. The molecule has 0 unspecified atom stereocenters. The summed E-state index contributed by atoms with van der Waals surface area (Å²) < 4.78 is 6.76. The average Bonchev–Trinajstić information content (AvgIpc) is 3.13. The Balaban J connectivity index is 1.37. The Morgan fingerprint density at radius 1 is 1.03 bits per heavy atom. The van der Waals surface area contributed by atoms with Crippen LogP contribution in [0.2, 0.25) is 5.02 Å². The van der Waals surface area contributed by atoms with E-state index in [-0.39, 0.29) is 18.2 Å². The third-order valence-electron chi connectivity index (χ3n) is 4.79. The Labute approximate surface area is 187 Å². The van der Waals surface area contributed by atoms with Crippen LogP contribution >= 0.6 is 27.5 Å². The number of amides is 2. The molecular weight excluding hydrogens is 468 g/mol. The van der Waals surface area contributed by atoms with E-state index < -0.39 is 5.92 Å². The van der Waals surface area contributed by atoms with Crippen molar-refractivity contribution in [3.8, 4) is 11.5 Å². The molecule has 0 aromatic heterocycles. The minimum atomic E-state index is -0.421. The van der Waals surface area contributed by atoms with Crippen LogP contribution in [0.3, 0.4) is 0 Å². The standard InChI is InChI=1S/C23H18BrClN2O3/c24-16-4-8-20(9-5-16)30-21-10-6-18(7-11-21)26-23(29)15-12-22(28)27(14-15)19-3-1-2-17(25)13-19/h1-11,13,15H,12,14H2,(H,26,29)/t15-/m1/s1. The lowest BCUT2D eigenvalue weighted by atomic mass is 10.1. The number of nitrogens with zero attached hydrogens (tertiary/aromatic N) is 1. The summed E-state index contributed by atoms with van der Waals surface area (Å²) in [7, 11) is 0. The molecule has 1 N–H and O–H groups in total. The predicted molar refractivity (Wildman–Crippen MR) is 121 cm³/mol. The first-order valence-electron chi connectivity index (χ1n) is 9.38. The number of nitrogens with one attached hydrogen (secondary N) is 1. The van der Waals surface area contributed by atoms with Gasteiger partial charge < -0.3 is 15.0 Å². The van der Waals surface area contributed by atoms with Gasteiger partial charge in [-0.25, -0.2) is 0 Å². The second-order valence-corrected chi connectivity index (χ2v) is 8.31. The first-order valence-corrected chi connectivity index (χ1v) is 10.6. The Morgan fingerprint density at radius 3 is 2.37 bits per heavy atom. The Hall–Kier alpha value is -2.83. The monoisotopic (exact) mass is 484 g/mol. The summed E-state index contributed by atoms with van der Waals surface area (Å²) >= 11 is 9.41. The third-order valence-corrected chi connectivity index (χ3v) is 5.55. The van der Waals surface area contributed by atoms with Crippen LogP contribution in [0.25, 0.3) is 0 Å². The summed E-state index contributed by atoms with van der Waals surface area (Å²) in [6, 6.07) is 21.7. The van der Waals surface area contributed by atoms with Crippen LogP contribution in [-0.2, 0) is 9.59 Å². The average molecular weight is 486 g/mol. The number of ether oxygens (including phenoxy) is 1.